The van der Waals surface area contributed by atoms with Crippen LogP contribution in [0.1, 0.15) is 32.5 Å². The Bertz CT molecular complexity index is 587. The molecule has 1 aromatic rings. The van der Waals surface area contributed by atoms with Gasteiger partial charge in [-0.1, -0.05) is 26.0 Å². The molecule has 1 heterocycles. The topological polar surface area (TPSA) is 28.1 Å². The Morgan fingerprint density at radius 3 is 2.50 bits per heavy atom. The number of rotatable bonds is 6. The second-order valence-corrected chi connectivity index (χ2v) is 5.65. The number of hydrogen-bond acceptors (Lipinski definition) is 4. The van der Waals surface area contributed by atoms with Crippen LogP contribution in [0.25, 0.3) is 0 Å². The molecule has 0 amide bonds. The number of halogens is 4. The van der Waals surface area contributed by atoms with E-state index in [1.807, 2.05) is 13.8 Å². The van der Waals surface area contributed by atoms with Crippen molar-refractivity contribution in [2.24, 2.45) is 4.99 Å². The lowest BCUT2D eigenvalue weighted by atomic mass is 10.1. The van der Waals surface area contributed by atoms with Crippen molar-refractivity contribution >= 4 is 5.90 Å². The zero-order chi connectivity index (χ0) is 17.9. The van der Waals surface area contributed by atoms with Gasteiger partial charge in [0.25, 0.3) is 0 Å². The maximum absolute atomic E-state index is 13.5. The number of aliphatic imine (C=N–C) groups is 1. The summed E-state index contributed by atoms with van der Waals surface area (Å²) in [5, 5.41) is 1.19. The molecule has 1 aliphatic rings. The van der Waals surface area contributed by atoms with E-state index in [2.05, 4.69) is 9.89 Å². The van der Waals surface area contributed by atoms with Crippen LogP contribution in [0.15, 0.2) is 29.3 Å². The van der Waals surface area contributed by atoms with Crippen molar-refractivity contribution in [3.8, 4) is 0 Å². The first kappa shape index (κ1) is 18.7. The molecule has 0 saturated carbocycles. The highest BCUT2D eigenvalue weighted by Crippen LogP contribution is 2.35. The van der Waals surface area contributed by atoms with Crippen molar-refractivity contribution in [2.45, 2.75) is 39.2 Å². The molecule has 0 bridgehead atoms. The molecule has 0 spiro atoms. The van der Waals surface area contributed by atoms with E-state index < -0.39 is 24.1 Å². The predicted octanol–water partition coefficient (Wildman–Crippen LogP) is 3.76. The second kappa shape index (κ2) is 7.48. The van der Waals surface area contributed by atoms with Crippen LogP contribution in [-0.4, -0.2) is 47.7 Å². The molecule has 0 radical (unpaired) electrons. The molecule has 0 aliphatic carbocycles. The zero-order valence-corrected chi connectivity index (χ0v) is 13.8. The monoisotopic (exact) mass is 347 g/mol. The first-order chi connectivity index (χ1) is 11.3. The molecule has 2 rings (SSSR count). The van der Waals surface area contributed by atoms with Crippen LogP contribution >= 0.6 is 0 Å². The van der Waals surface area contributed by atoms with Crippen LogP contribution in [0, 0.1) is 5.82 Å². The van der Waals surface area contributed by atoms with Crippen molar-refractivity contribution in [2.75, 3.05) is 19.6 Å². The van der Waals surface area contributed by atoms with Crippen molar-refractivity contribution < 1.29 is 22.4 Å². The second-order valence-electron chi connectivity index (χ2n) is 5.65. The highest BCUT2D eigenvalue weighted by molar-refractivity contribution is 5.82. The summed E-state index contributed by atoms with van der Waals surface area (Å²) in [7, 11) is 0. The summed E-state index contributed by atoms with van der Waals surface area (Å²) in [6.45, 7) is 7.77. The fourth-order valence-corrected chi connectivity index (χ4v) is 2.62. The minimum absolute atomic E-state index is 0.320. The smallest absolute Gasteiger partial charge is 0.378 e. The summed E-state index contributed by atoms with van der Waals surface area (Å²) in [5.74, 6) is -1.83. The molecule has 8 heteroatoms. The molecule has 0 N–H and O–H groups in total. The Hall–Kier alpha value is -1.67. The summed E-state index contributed by atoms with van der Waals surface area (Å²) in [5.41, 5.74) is 0.320. The Morgan fingerprint density at radius 1 is 1.29 bits per heavy atom. The summed E-state index contributed by atoms with van der Waals surface area (Å²) in [6, 6.07) is 5.03. The SMILES string of the molecule is CCN(CC)CC(C)N1OC(C(F)(F)F)=NC1c1cccc(F)c1. The molecular formula is C16H21F4N3O. The molecular weight excluding hydrogens is 326 g/mol. The van der Waals surface area contributed by atoms with Gasteiger partial charge >= 0.3 is 12.1 Å². The van der Waals surface area contributed by atoms with E-state index in [4.69, 9.17) is 4.84 Å². The third kappa shape index (κ3) is 4.24. The molecule has 4 nitrogen and oxygen atoms in total. The van der Waals surface area contributed by atoms with Gasteiger partial charge in [0.05, 0.1) is 6.04 Å². The predicted molar refractivity (Wildman–Crippen MR) is 82.8 cm³/mol. The molecule has 0 fully saturated rings. The number of likely N-dealkylation sites (N-methyl/N-ethyl adjacent to an activating group) is 1. The molecule has 134 valence electrons. The third-order valence-electron chi connectivity index (χ3n) is 3.91. The van der Waals surface area contributed by atoms with Crippen LogP contribution in [0.2, 0.25) is 0 Å². The lowest BCUT2D eigenvalue weighted by Gasteiger charge is -2.31. The Kier molecular flexibility index (Phi) is 5.82. The average Bonchev–Trinajstić information content (AvgIpc) is 2.98. The summed E-state index contributed by atoms with van der Waals surface area (Å²) < 4.78 is 52.4. The minimum atomic E-state index is -4.69. The number of hydrogen-bond donors (Lipinski definition) is 0. The van der Waals surface area contributed by atoms with Gasteiger partial charge in [0.2, 0.25) is 0 Å². The van der Waals surface area contributed by atoms with Gasteiger partial charge < -0.3 is 9.74 Å². The van der Waals surface area contributed by atoms with Gasteiger partial charge in [-0.25, -0.2) is 9.38 Å². The molecule has 0 saturated heterocycles. The normalized spacial score (nSPS) is 20.2. The van der Waals surface area contributed by atoms with Crippen molar-refractivity contribution in [3.63, 3.8) is 0 Å². The Balaban J connectivity index is 2.28. The lowest BCUT2D eigenvalue weighted by Crippen LogP contribution is -2.43. The number of nitrogens with zero attached hydrogens (tertiary/aromatic N) is 3. The van der Waals surface area contributed by atoms with Crippen LogP contribution in [0.5, 0.6) is 0 Å². The van der Waals surface area contributed by atoms with Gasteiger partial charge in [0, 0.05) is 6.54 Å². The van der Waals surface area contributed by atoms with E-state index in [1.54, 1.807) is 6.92 Å². The quantitative estimate of drug-likeness (QED) is 0.734. The van der Waals surface area contributed by atoms with E-state index in [-0.39, 0.29) is 6.04 Å². The number of hydroxylamine groups is 2. The van der Waals surface area contributed by atoms with E-state index in [0.717, 1.165) is 13.1 Å². The van der Waals surface area contributed by atoms with Gasteiger partial charge in [0.1, 0.15) is 5.82 Å². The van der Waals surface area contributed by atoms with Crippen LogP contribution in [0.3, 0.4) is 0 Å². The summed E-state index contributed by atoms with van der Waals surface area (Å²) in [4.78, 5) is 10.7. The molecule has 2 atom stereocenters. The number of alkyl halides is 3. The maximum atomic E-state index is 13.5. The summed E-state index contributed by atoms with van der Waals surface area (Å²) >= 11 is 0. The summed E-state index contributed by atoms with van der Waals surface area (Å²) in [6.07, 6.45) is -5.71. The Morgan fingerprint density at radius 2 is 1.96 bits per heavy atom. The molecule has 0 aromatic heterocycles. The van der Waals surface area contributed by atoms with Crippen molar-refractivity contribution in [3.05, 3.63) is 35.6 Å². The van der Waals surface area contributed by atoms with Crippen LogP contribution < -0.4 is 0 Å². The molecule has 1 aliphatic heterocycles. The fraction of sp³-hybridized carbons (Fsp3) is 0.562. The highest BCUT2D eigenvalue weighted by atomic mass is 19.4. The van der Waals surface area contributed by atoms with Gasteiger partial charge in [-0.3, -0.25) is 0 Å². The maximum Gasteiger partial charge on any atom is 0.470 e. The molecule has 2 unspecified atom stereocenters. The fourth-order valence-electron chi connectivity index (χ4n) is 2.62. The van der Waals surface area contributed by atoms with Gasteiger partial charge in [-0.2, -0.15) is 13.2 Å². The molecule has 24 heavy (non-hydrogen) atoms. The third-order valence-corrected chi connectivity index (χ3v) is 3.91. The number of benzene rings is 1. The van der Waals surface area contributed by atoms with Gasteiger partial charge in [-0.05, 0) is 37.7 Å². The van der Waals surface area contributed by atoms with Crippen LogP contribution in [0.4, 0.5) is 17.6 Å². The van der Waals surface area contributed by atoms with E-state index in [9.17, 15) is 17.6 Å². The first-order valence-electron chi connectivity index (χ1n) is 7.85. The standard InChI is InChI=1S/C16H21F4N3O/c1-4-22(5-2)10-11(3)23-14(12-7-6-8-13(17)9-12)21-15(24-23)16(18,19)20/h6-9,11,14H,4-5,10H2,1-3H3. The van der Waals surface area contributed by atoms with Gasteiger partial charge in [0.15, 0.2) is 6.17 Å². The zero-order valence-electron chi connectivity index (χ0n) is 13.8. The van der Waals surface area contributed by atoms with Crippen molar-refractivity contribution in [1.29, 1.82) is 0 Å². The van der Waals surface area contributed by atoms with Crippen LogP contribution in [-0.2, 0) is 4.84 Å². The van der Waals surface area contributed by atoms with Gasteiger partial charge in [-0.15, -0.1) is 5.06 Å². The first-order valence-corrected chi connectivity index (χ1v) is 7.85. The van der Waals surface area contributed by atoms with E-state index in [1.165, 1.54) is 29.3 Å². The lowest BCUT2D eigenvalue weighted by molar-refractivity contribution is -0.155. The highest BCUT2D eigenvalue weighted by Gasteiger charge is 2.47. The molecule has 1 aromatic carbocycles. The van der Waals surface area contributed by atoms with Crippen molar-refractivity contribution in [1.82, 2.24) is 9.96 Å². The largest absolute Gasteiger partial charge is 0.470 e. The average molecular weight is 347 g/mol. The Labute approximate surface area is 138 Å². The minimum Gasteiger partial charge on any atom is -0.378 e. The van der Waals surface area contributed by atoms with E-state index in [0.29, 0.717) is 12.1 Å². The van der Waals surface area contributed by atoms with E-state index >= 15 is 0 Å².